The quantitative estimate of drug-likeness (QED) is 0.721. The summed E-state index contributed by atoms with van der Waals surface area (Å²) in [6.45, 7) is 3.03. The average molecular weight is 306 g/mol. The van der Waals surface area contributed by atoms with E-state index in [0.717, 1.165) is 41.4 Å². The molecule has 0 aliphatic heterocycles. The lowest BCUT2D eigenvalue weighted by Gasteiger charge is -2.20. The Kier molecular flexibility index (Phi) is 4.17. The highest BCUT2D eigenvalue weighted by Gasteiger charge is 2.31. The third-order valence-corrected chi connectivity index (χ3v) is 5.27. The second-order valence-electron chi connectivity index (χ2n) is 5.17. The normalized spacial score (nSPS) is 14.4. The molecule has 1 saturated carbocycles. The molecular weight excluding hydrogens is 288 g/mol. The van der Waals surface area contributed by atoms with Gasteiger partial charge in [-0.05, 0) is 41.7 Å². The van der Waals surface area contributed by atoms with E-state index in [1.807, 2.05) is 0 Å². The third-order valence-electron chi connectivity index (χ3n) is 3.48. The zero-order chi connectivity index (χ0) is 13.9. The van der Waals surface area contributed by atoms with E-state index < -0.39 is 0 Å². The number of hydrogen-bond acceptors (Lipinski definition) is 5. The highest BCUT2D eigenvalue weighted by molar-refractivity contribution is 7.17. The van der Waals surface area contributed by atoms with Gasteiger partial charge in [0.25, 0.3) is 0 Å². The summed E-state index contributed by atoms with van der Waals surface area (Å²) >= 11 is 3.28. The van der Waals surface area contributed by atoms with Gasteiger partial charge in [0.15, 0.2) is 11.4 Å². The summed E-state index contributed by atoms with van der Waals surface area (Å²) in [5.41, 5.74) is 2.31. The van der Waals surface area contributed by atoms with Crippen LogP contribution in [0.25, 0.3) is 0 Å². The van der Waals surface area contributed by atoms with Crippen LogP contribution < -0.4 is 4.90 Å². The molecule has 2 aromatic heterocycles. The molecule has 20 heavy (non-hydrogen) atoms. The average Bonchev–Trinajstić information content (AvgIpc) is 3.00. The molecule has 0 aromatic carbocycles. The maximum absolute atomic E-state index is 11.2. The minimum atomic E-state index is 0.607. The second-order valence-corrected chi connectivity index (χ2v) is 6.96. The fourth-order valence-electron chi connectivity index (χ4n) is 2.30. The molecule has 0 atom stereocenters. The molecule has 1 fully saturated rings. The first kappa shape index (κ1) is 13.8. The van der Waals surface area contributed by atoms with Gasteiger partial charge in [-0.3, -0.25) is 4.79 Å². The monoisotopic (exact) mass is 306 g/mol. The summed E-state index contributed by atoms with van der Waals surface area (Å²) in [5.74, 6) is 0. The number of hydrogen-bond donors (Lipinski definition) is 0. The van der Waals surface area contributed by atoms with Crippen molar-refractivity contribution in [2.45, 2.75) is 45.2 Å². The van der Waals surface area contributed by atoms with Crippen LogP contribution in [-0.2, 0) is 13.0 Å². The van der Waals surface area contributed by atoms with E-state index in [2.05, 4.69) is 28.7 Å². The lowest BCUT2D eigenvalue weighted by atomic mass is 10.2. The standard InChI is InChI=1S/C15H18N2OS2/c1-2-3-13-14(9-18)20-15(16-13)17(12-4-5-12)8-11-6-7-19-10-11/h6-7,9-10,12H,2-5,8H2,1H3. The Morgan fingerprint density at radius 1 is 1.50 bits per heavy atom. The van der Waals surface area contributed by atoms with Gasteiger partial charge >= 0.3 is 0 Å². The number of carbonyl (C=O) groups excluding carboxylic acids is 1. The Bertz CT molecular complexity index is 573. The fraction of sp³-hybridized carbons (Fsp3) is 0.467. The van der Waals surface area contributed by atoms with Crippen LogP contribution in [0.15, 0.2) is 16.8 Å². The van der Waals surface area contributed by atoms with E-state index in [4.69, 9.17) is 4.98 Å². The van der Waals surface area contributed by atoms with Crippen molar-refractivity contribution in [1.82, 2.24) is 4.98 Å². The molecule has 3 rings (SSSR count). The third kappa shape index (κ3) is 2.94. The molecule has 2 aromatic rings. The maximum atomic E-state index is 11.2. The van der Waals surface area contributed by atoms with Crippen LogP contribution in [0.1, 0.15) is 47.1 Å². The van der Waals surface area contributed by atoms with Gasteiger partial charge in [0, 0.05) is 12.6 Å². The number of aldehydes is 1. The van der Waals surface area contributed by atoms with Crippen LogP contribution in [0.5, 0.6) is 0 Å². The lowest BCUT2D eigenvalue weighted by Crippen LogP contribution is -2.24. The molecule has 3 nitrogen and oxygen atoms in total. The van der Waals surface area contributed by atoms with Crippen molar-refractivity contribution in [1.29, 1.82) is 0 Å². The zero-order valence-electron chi connectivity index (χ0n) is 11.5. The van der Waals surface area contributed by atoms with Gasteiger partial charge < -0.3 is 4.90 Å². The van der Waals surface area contributed by atoms with Crippen molar-refractivity contribution in [3.63, 3.8) is 0 Å². The molecule has 0 bridgehead atoms. The van der Waals surface area contributed by atoms with Gasteiger partial charge in [-0.2, -0.15) is 11.3 Å². The Morgan fingerprint density at radius 3 is 2.95 bits per heavy atom. The Labute approximate surface area is 127 Å². The molecule has 0 unspecified atom stereocenters. The maximum Gasteiger partial charge on any atom is 0.186 e. The first-order chi connectivity index (χ1) is 9.81. The van der Waals surface area contributed by atoms with Gasteiger partial charge in [-0.15, -0.1) is 0 Å². The molecular formula is C15H18N2OS2. The zero-order valence-corrected chi connectivity index (χ0v) is 13.2. The van der Waals surface area contributed by atoms with Crippen molar-refractivity contribution in [2.75, 3.05) is 4.90 Å². The number of anilines is 1. The first-order valence-electron chi connectivity index (χ1n) is 7.04. The number of thiazole rings is 1. The van der Waals surface area contributed by atoms with Crippen molar-refractivity contribution in [3.8, 4) is 0 Å². The molecule has 106 valence electrons. The minimum Gasteiger partial charge on any atom is -0.341 e. The summed E-state index contributed by atoms with van der Waals surface area (Å²) in [6.07, 6.45) is 5.35. The SMILES string of the molecule is CCCc1nc(N(Cc2ccsc2)C2CC2)sc1C=O. The summed E-state index contributed by atoms with van der Waals surface area (Å²) in [4.78, 5) is 19.1. The number of nitrogens with zero attached hydrogens (tertiary/aromatic N) is 2. The molecule has 0 N–H and O–H groups in total. The molecule has 0 spiro atoms. The Balaban J connectivity index is 1.85. The number of carbonyl (C=O) groups is 1. The number of rotatable bonds is 7. The summed E-state index contributed by atoms with van der Waals surface area (Å²) in [5, 5.41) is 5.32. The smallest absolute Gasteiger partial charge is 0.186 e. The highest BCUT2D eigenvalue weighted by atomic mass is 32.1. The van der Waals surface area contributed by atoms with Crippen molar-refractivity contribution in [2.24, 2.45) is 0 Å². The van der Waals surface area contributed by atoms with Crippen LogP contribution in [-0.4, -0.2) is 17.3 Å². The van der Waals surface area contributed by atoms with Crippen LogP contribution in [0, 0.1) is 0 Å². The van der Waals surface area contributed by atoms with E-state index in [9.17, 15) is 4.79 Å². The second kappa shape index (κ2) is 6.06. The van der Waals surface area contributed by atoms with Crippen LogP contribution in [0.2, 0.25) is 0 Å². The van der Waals surface area contributed by atoms with Crippen LogP contribution in [0.3, 0.4) is 0 Å². The molecule has 0 radical (unpaired) electrons. The van der Waals surface area contributed by atoms with E-state index in [-0.39, 0.29) is 0 Å². The Morgan fingerprint density at radius 2 is 2.35 bits per heavy atom. The molecule has 1 aliphatic carbocycles. The lowest BCUT2D eigenvalue weighted by molar-refractivity contribution is 0.112. The molecule has 2 heterocycles. The molecule has 1 aliphatic rings. The van der Waals surface area contributed by atoms with Gasteiger partial charge in [-0.25, -0.2) is 4.98 Å². The largest absolute Gasteiger partial charge is 0.341 e. The van der Waals surface area contributed by atoms with Gasteiger partial charge in [-0.1, -0.05) is 24.7 Å². The summed E-state index contributed by atoms with van der Waals surface area (Å²) < 4.78 is 0. The Hall–Kier alpha value is -1.20. The van der Waals surface area contributed by atoms with Crippen LogP contribution in [0.4, 0.5) is 5.13 Å². The van der Waals surface area contributed by atoms with Crippen molar-refractivity contribution < 1.29 is 4.79 Å². The number of aromatic nitrogens is 1. The van der Waals surface area contributed by atoms with E-state index in [0.29, 0.717) is 6.04 Å². The molecule has 0 saturated heterocycles. The van der Waals surface area contributed by atoms with E-state index >= 15 is 0 Å². The first-order valence-corrected chi connectivity index (χ1v) is 8.80. The summed E-state index contributed by atoms with van der Waals surface area (Å²) in [6, 6.07) is 2.77. The van der Waals surface area contributed by atoms with E-state index in [1.54, 1.807) is 22.7 Å². The summed E-state index contributed by atoms with van der Waals surface area (Å²) in [7, 11) is 0. The van der Waals surface area contributed by atoms with E-state index in [1.165, 1.54) is 18.4 Å². The number of aryl methyl sites for hydroxylation is 1. The van der Waals surface area contributed by atoms with Crippen molar-refractivity contribution >= 4 is 34.1 Å². The van der Waals surface area contributed by atoms with Gasteiger partial charge in [0.2, 0.25) is 0 Å². The molecule has 0 amide bonds. The van der Waals surface area contributed by atoms with Crippen LogP contribution >= 0.6 is 22.7 Å². The molecule has 5 heteroatoms. The topological polar surface area (TPSA) is 33.2 Å². The fourth-order valence-corrected chi connectivity index (χ4v) is 3.96. The minimum absolute atomic E-state index is 0.607. The number of thiophene rings is 1. The predicted octanol–water partition coefficient (Wildman–Crippen LogP) is 4.14. The van der Waals surface area contributed by atoms with Gasteiger partial charge in [0.05, 0.1) is 10.6 Å². The highest BCUT2D eigenvalue weighted by Crippen LogP contribution is 2.36. The van der Waals surface area contributed by atoms with Crippen molar-refractivity contribution in [3.05, 3.63) is 33.0 Å². The van der Waals surface area contributed by atoms with Gasteiger partial charge in [0.1, 0.15) is 0 Å². The predicted molar refractivity (Wildman–Crippen MR) is 85.0 cm³/mol.